The second-order valence-corrected chi connectivity index (χ2v) is 5.37. The van der Waals surface area contributed by atoms with Gasteiger partial charge in [-0.3, -0.25) is 0 Å². The van der Waals surface area contributed by atoms with Gasteiger partial charge >= 0.3 is 0 Å². The van der Waals surface area contributed by atoms with Crippen molar-refractivity contribution in [1.29, 1.82) is 0 Å². The van der Waals surface area contributed by atoms with E-state index in [2.05, 4.69) is 27.7 Å². The Morgan fingerprint density at radius 1 is 0.722 bits per heavy atom. The van der Waals surface area contributed by atoms with E-state index in [-0.39, 0.29) is 0 Å². The molecular weight excluding hydrogens is 220 g/mol. The van der Waals surface area contributed by atoms with Gasteiger partial charge in [-0.25, -0.2) is 0 Å². The molecule has 0 amide bonds. The molecule has 1 heteroatoms. The molecule has 1 nitrogen and oxygen atoms in total. The normalized spacial score (nSPS) is 11.8. The number of hydrogen-bond donors (Lipinski definition) is 0. The van der Waals surface area contributed by atoms with Gasteiger partial charge in [0.15, 0.2) is 0 Å². The summed E-state index contributed by atoms with van der Waals surface area (Å²) in [6.07, 6.45) is 13.6. The summed E-state index contributed by atoms with van der Waals surface area (Å²) in [6, 6.07) is 0. The molecule has 0 N–H and O–H groups in total. The van der Waals surface area contributed by atoms with Crippen molar-refractivity contribution in [2.24, 2.45) is 5.92 Å². The molecule has 0 aromatic carbocycles. The molecule has 1 unspecified atom stereocenters. The average molecular weight is 258 g/mol. The summed E-state index contributed by atoms with van der Waals surface area (Å²) in [5.41, 5.74) is 0. The van der Waals surface area contributed by atoms with Crippen LogP contribution in [0, 0.1) is 5.92 Å². The van der Waals surface area contributed by atoms with Crippen LogP contribution >= 0.6 is 0 Å². The van der Waals surface area contributed by atoms with Crippen molar-refractivity contribution >= 4 is 0 Å². The van der Waals surface area contributed by atoms with E-state index in [0.717, 1.165) is 12.5 Å². The van der Waals surface area contributed by atoms with Crippen molar-refractivity contribution in [1.82, 2.24) is 0 Å². The van der Waals surface area contributed by atoms with Crippen LogP contribution in [0.5, 0.6) is 0 Å². The molecule has 0 spiro atoms. The first kappa shape index (κ1) is 20.3. The monoisotopic (exact) mass is 258 g/mol. The Morgan fingerprint density at radius 2 is 1.17 bits per heavy atom. The van der Waals surface area contributed by atoms with Gasteiger partial charge in [0.25, 0.3) is 0 Å². The number of ether oxygens (including phenoxy) is 1. The molecule has 0 aliphatic rings. The van der Waals surface area contributed by atoms with E-state index in [4.69, 9.17) is 4.74 Å². The van der Waals surface area contributed by atoms with Crippen LogP contribution in [0.4, 0.5) is 0 Å². The molecule has 0 heterocycles. The molecule has 0 aliphatic carbocycles. The van der Waals surface area contributed by atoms with E-state index < -0.39 is 0 Å². The molecule has 0 bridgehead atoms. The van der Waals surface area contributed by atoms with Gasteiger partial charge in [0.2, 0.25) is 0 Å². The quantitative estimate of drug-likeness (QED) is 0.400. The highest BCUT2D eigenvalue weighted by Gasteiger charge is 2.07. The van der Waals surface area contributed by atoms with Crippen molar-refractivity contribution in [2.45, 2.75) is 91.9 Å². The first-order valence-corrected chi connectivity index (χ1v) is 8.25. The number of unbranched alkanes of at least 4 members (excludes halogenated alkanes) is 5. The van der Waals surface area contributed by atoms with Crippen LogP contribution in [0.25, 0.3) is 0 Å². The summed E-state index contributed by atoms with van der Waals surface area (Å²) in [6.45, 7) is 9.76. The highest BCUT2D eigenvalue weighted by Crippen LogP contribution is 2.18. The molecule has 0 aromatic heterocycles. The molecule has 0 fully saturated rings. The largest absolute Gasteiger partial charge is 0.384 e. The number of hydrogen-bond acceptors (Lipinski definition) is 1. The number of rotatable bonds is 11. The lowest BCUT2D eigenvalue weighted by molar-refractivity contribution is 0.140. The van der Waals surface area contributed by atoms with Crippen LogP contribution < -0.4 is 0 Å². The van der Waals surface area contributed by atoms with Crippen LogP contribution in [0.2, 0.25) is 0 Å². The summed E-state index contributed by atoms with van der Waals surface area (Å²) in [4.78, 5) is 0. The minimum atomic E-state index is 0.818. The minimum absolute atomic E-state index is 0.818. The lowest BCUT2D eigenvalue weighted by atomic mass is 9.95. The van der Waals surface area contributed by atoms with Gasteiger partial charge in [-0.2, -0.15) is 0 Å². The van der Waals surface area contributed by atoms with Crippen LogP contribution in [0.3, 0.4) is 0 Å². The fourth-order valence-electron chi connectivity index (χ4n) is 2.09. The average Bonchev–Trinajstić information content (AvgIpc) is 2.36. The summed E-state index contributed by atoms with van der Waals surface area (Å²) >= 11 is 0. The van der Waals surface area contributed by atoms with Gasteiger partial charge in [-0.1, -0.05) is 79.1 Å². The van der Waals surface area contributed by atoms with Gasteiger partial charge in [0.1, 0.15) is 0 Å². The van der Waals surface area contributed by atoms with Crippen molar-refractivity contribution in [3.05, 3.63) is 0 Å². The molecular formula is C17H38O. The third kappa shape index (κ3) is 18.3. The zero-order valence-electron chi connectivity index (χ0n) is 13.8. The first-order valence-electron chi connectivity index (χ1n) is 8.25. The third-order valence-corrected chi connectivity index (χ3v) is 3.08. The second-order valence-electron chi connectivity index (χ2n) is 5.37. The molecule has 0 aromatic rings. The van der Waals surface area contributed by atoms with Crippen molar-refractivity contribution < 1.29 is 4.74 Å². The topological polar surface area (TPSA) is 9.23 Å². The Morgan fingerprint density at radius 3 is 1.61 bits per heavy atom. The maximum absolute atomic E-state index is 5.29. The minimum Gasteiger partial charge on any atom is -0.384 e. The van der Waals surface area contributed by atoms with Gasteiger partial charge in [-0.15, -0.1) is 0 Å². The highest BCUT2D eigenvalue weighted by molar-refractivity contribution is 4.59. The molecule has 0 rings (SSSR count). The molecule has 0 saturated heterocycles. The summed E-state index contributed by atoms with van der Waals surface area (Å²) in [7, 11) is 1.83. The molecule has 1 atom stereocenters. The predicted molar refractivity (Wildman–Crippen MR) is 84.2 cm³/mol. The van der Waals surface area contributed by atoms with E-state index in [1.807, 2.05) is 7.11 Å². The predicted octanol–water partition coefficient (Wildman–Crippen LogP) is 6.22. The van der Waals surface area contributed by atoms with Gasteiger partial charge < -0.3 is 4.74 Å². The van der Waals surface area contributed by atoms with Crippen LogP contribution in [0.1, 0.15) is 91.9 Å². The summed E-state index contributed by atoms with van der Waals surface area (Å²) in [5, 5.41) is 0. The standard InChI is InChI=1S/C14H30O.C3H8/c1-4-6-8-10-12-14(13-15-3)11-9-7-5-2;1-3-2/h14H,4-13H2,1-3H3;3H2,1-2H3. The Kier molecular flexibility index (Phi) is 21.7. The molecule has 18 heavy (non-hydrogen) atoms. The summed E-state index contributed by atoms with van der Waals surface area (Å²) in [5.74, 6) is 0.818. The Labute approximate surface area is 117 Å². The summed E-state index contributed by atoms with van der Waals surface area (Å²) < 4.78 is 5.29. The first-order chi connectivity index (χ1) is 8.76. The lowest BCUT2D eigenvalue weighted by Crippen LogP contribution is -2.08. The van der Waals surface area contributed by atoms with E-state index in [1.54, 1.807) is 0 Å². The fourth-order valence-corrected chi connectivity index (χ4v) is 2.09. The third-order valence-electron chi connectivity index (χ3n) is 3.08. The van der Waals surface area contributed by atoms with Gasteiger partial charge in [0, 0.05) is 13.7 Å². The maximum atomic E-state index is 5.29. The van der Waals surface area contributed by atoms with Crippen molar-refractivity contribution in [2.75, 3.05) is 13.7 Å². The lowest BCUT2D eigenvalue weighted by Gasteiger charge is -2.15. The maximum Gasteiger partial charge on any atom is 0.0490 e. The van der Waals surface area contributed by atoms with E-state index in [1.165, 1.54) is 64.2 Å². The van der Waals surface area contributed by atoms with E-state index >= 15 is 0 Å². The Balaban J connectivity index is 0. The van der Waals surface area contributed by atoms with E-state index in [0.29, 0.717) is 0 Å². The molecule has 0 aliphatic heterocycles. The Bertz CT molecular complexity index is 123. The fraction of sp³-hybridized carbons (Fsp3) is 1.00. The van der Waals surface area contributed by atoms with Gasteiger partial charge in [-0.05, 0) is 18.8 Å². The van der Waals surface area contributed by atoms with Crippen molar-refractivity contribution in [3.8, 4) is 0 Å². The number of methoxy groups -OCH3 is 1. The van der Waals surface area contributed by atoms with Crippen LogP contribution in [-0.2, 0) is 4.74 Å². The SMILES string of the molecule is CCC.CCCCCCC(CCCCC)COC. The molecule has 0 saturated carbocycles. The highest BCUT2D eigenvalue weighted by atomic mass is 16.5. The van der Waals surface area contributed by atoms with Crippen LogP contribution in [0.15, 0.2) is 0 Å². The zero-order chi connectivity index (χ0) is 14.1. The molecule has 0 radical (unpaired) electrons. The Hall–Kier alpha value is -0.0400. The smallest absolute Gasteiger partial charge is 0.0490 e. The van der Waals surface area contributed by atoms with Crippen molar-refractivity contribution in [3.63, 3.8) is 0 Å². The van der Waals surface area contributed by atoms with Crippen LogP contribution in [-0.4, -0.2) is 13.7 Å². The second kappa shape index (κ2) is 19.3. The van der Waals surface area contributed by atoms with Gasteiger partial charge in [0.05, 0.1) is 0 Å². The molecule has 112 valence electrons. The van der Waals surface area contributed by atoms with E-state index in [9.17, 15) is 0 Å². The zero-order valence-corrected chi connectivity index (χ0v) is 13.8.